The molecule has 0 unspecified atom stereocenters. The lowest BCUT2D eigenvalue weighted by atomic mass is 10.2. The van der Waals surface area contributed by atoms with Crippen molar-refractivity contribution in [3.05, 3.63) is 24.3 Å². The predicted octanol–water partition coefficient (Wildman–Crippen LogP) is 2.49. The Morgan fingerprint density at radius 3 is 2.70 bits per heavy atom. The van der Waals surface area contributed by atoms with Crippen molar-refractivity contribution in [1.29, 1.82) is 0 Å². The maximum absolute atomic E-state index is 9.86. The third-order valence-corrected chi connectivity index (χ3v) is 1.10. The third-order valence-electron chi connectivity index (χ3n) is 1.10. The summed E-state index contributed by atoms with van der Waals surface area (Å²) in [4.78, 5) is 9.86. The highest BCUT2D eigenvalue weighted by atomic mass is 16.1. The zero-order valence-corrected chi connectivity index (χ0v) is 6.47. The lowest BCUT2D eigenvalue weighted by Crippen LogP contribution is -1.73. The van der Waals surface area contributed by atoms with Crippen LogP contribution in [0.25, 0.3) is 0 Å². The van der Waals surface area contributed by atoms with Crippen LogP contribution in [0.4, 0.5) is 0 Å². The Labute approximate surface area is 62.4 Å². The second kappa shape index (κ2) is 6.27. The number of aldehydes is 1. The average molecular weight is 138 g/mol. The summed E-state index contributed by atoms with van der Waals surface area (Å²) in [6, 6.07) is 0. The minimum atomic E-state index is 0.667. The van der Waals surface area contributed by atoms with E-state index < -0.39 is 0 Å². The van der Waals surface area contributed by atoms with Gasteiger partial charge in [0.15, 0.2) is 0 Å². The lowest BCUT2D eigenvalue weighted by Gasteiger charge is -1.87. The largest absolute Gasteiger partial charge is 0.303 e. The van der Waals surface area contributed by atoms with E-state index in [1.807, 2.05) is 19.1 Å². The number of carbonyl (C=O) groups is 1. The first-order valence-corrected chi connectivity index (χ1v) is 3.53. The normalized spacial score (nSPS) is 10.1. The van der Waals surface area contributed by atoms with Gasteiger partial charge >= 0.3 is 0 Å². The van der Waals surface area contributed by atoms with Gasteiger partial charge in [0.05, 0.1) is 0 Å². The van der Waals surface area contributed by atoms with Crippen molar-refractivity contribution in [3.8, 4) is 0 Å². The fourth-order valence-corrected chi connectivity index (χ4v) is 0.604. The maximum atomic E-state index is 9.86. The molecular formula is C9H14O. The highest BCUT2D eigenvalue weighted by Gasteiger charge is 1.80. The van der Waals surface area contributed by atoms with E-state index in [0.717, 1.165) is 24.7 Å². The second-order valence-electron chi connectivity index (χ2n) is 2.35. The summed E-state index contributed by atoms with van der Waals surface area (Å²) < 4.78 is 0. The van der Waals surface area contributed by atoms with Crippen LogP contribution in [0.15, 0.2) is 24.3 Å². The molecule has 0 bridgehead atoms. The van der Waals surface area contributed by atoms with Crippen LogP contribution in [-0.2, 0) is 4.79 Å². The number of unbranched alkanes of at least 4 members (excludes halogenated alkanes) is 2. The number of hydrogen-bond acceptors (Lipinski definition) is 1. The van der Waals surface area contributed by atoms with Crippen LogP contribution in [0.3, 0.4) is 0 Å². The van der Waals surface area contributed by atoms with Crippen molar-refractivity contribution in [2.24, 2.45) is 0 Å². The van der Waals surface area contributed by atoms with E-state index in [1.165, 1.54) is 0 Å². The lowest BCUT2D eigenvalue weighted by molar-refractivity contribution is -0.107. The second-order valence-corrected chi connectivity index (χ2v) is 2.35. The molecule has 0 rings (SSSR count). The van der Waals surface area contributed by atoms with Crippen LogP contribution >= 0.6 is 0 Å². The molecule has 0 amide bonds. The molecule has 56 valence electrons. The van der Waals surface area contributed by atoms with Crippen LogP contribution in [-0.4, -0.2) is 6.29 Å². The molecule has 0 fully saturated rings. The van der Waals surface area contributed by atoms with Crippen LogP contribution in [0, 0.1) is 0 Å². The molecule has 0 aliphatic heterocycles. The first-order valence-electron chi connectivity index (χ1n) is 3.53. The summed E-state index contributed by atoms with van der Waals surface area (Å²) in [5, 5.41) is 0. The zero-order chi connectivity index (χ0) is 7.82. The van der Waals surface area contributed by atoms with Crippen molar-refractivity contribution >= 4 is 6.29 Å². The quantitative estimate of drug-likeness (QED) is 0.324. The van der Waals surface area contributed by atoms with Crippen molar-refractivity contribution in [1.82, 2.24) is 0 Å². The van der Waals surface area contributed by atoms with E-state index >= 15 is 0 Å². The molecule has 0 radical (unpaired) electrons. The average Bonchev–Trinajstić information content (AvgIpc) is 1.87. The molecule has 1 nitrogen and oxygen atoms in total. The van der Waals surface area contributed by atoms with Gasteiger partial charge in [-0.15, -0.1) is 0 Å². The van der Waals surface area contributed by atoms with E-state index in [4.69, 9.17) is 0 Å². The molecule has 0 N–H and O–H groups in total. The van der Waals surface area contributed by atoms with Gasteiger partial charge in [-0.2, -0.15) is 0 Å². The van der Waals surface area contributed by atoms with E-state index in [1.54, 1.807) is 0 Å². The Bertz CT molecular complexity index is 134. The summed E-state index contributed by atoms with van der Waals surface area (Å²) in [5.41, 5.74) is 1.06. The van der Waals surface area contributed by atoms with Gasteiger partial charge in [-0.05, 0) is 19.8 Å². The molecule has 0 aliphatic carbocycles. The standard InChI is InChI=1S/C9H14O/c1-9(2)7-5-3-4-6-8-10/h5,7-8H,1,3-4,6H2,2H3/b7-5+. The Morgan fingerprint density at radius 2 is 2.20 bits per heavy atom. The molecule has 10 heavy (non-hydrogen) atoms. The van der Waals surface area contributed by atoms with E-state index in [-0.39, 0.29) is 0 Å². The van der Waals surface area contributed by atoms with E-state index in [2.05, 4.69) is 6.58 Å². The molecule has 0 spiro atoms. The molecule has 0 aliphatic rings. The Morgan fingerprint density at radius 1 is 1.50 bits per heavy atom. The van der Waals surface area contributed by atoms with Gasteiger partial charge in [0, 0.05) is 6.42 Å². The molecule has 0 aromatic rings. The number of hydrogen-bond donors (Lipinski definition) is 0. The van der Waals surface area contributed by atoms with Crippen LogP contribution in [0.5, 0.6) is 0 Å². The van der Waals surface area contributed by atoms with Gasteiger partial charge in [-0.25, -0.2) is 0 Å². The predicted molar refractivity (Wildman–Crippen MR) is 43.9 cm³/mol. The van der Waals surface area contributed by atoms with Gasteiger partial charge < -0.3 is 4.79 Å². The van der Waals surface area contributed by atoms with Crippen molar-refractivity contribution in [3.63, 3.8) is 0 Å². The zero-order valence-electron chi connectivity index (χ0n) is 6.47. The molecule has 0 aromatic carbocycles. The summed E-state index contributed by atoms with van der Waals surface area (Å²) in [7, 11) is 0. The van der Waals surface area contributed by atoms with Crippen LogP contribution < -0.4 is 0 Å². The fourth-order valence-electron chi connectivity index (χ4n) is 0.604. The van der Waals surface area contributed by atoms with Gasteiger partial charge in [0.2, 0.25) is 0 Å². The third kappa shape index (κ3) is 7.15. The summed E-state index contributed by atoms with van der Waals surface area (Å²) in [5.74, 6) is 0. The Balaban J connectivity index is 3.18. The van der Waals surface area contributed by atoms with Gasteiger partial charge in [-0.1, -0.05) is 24.3 Å². The molecule has 1 heteroatoms. The molecule has 0 atom stereocenters. The highest BCUT2D eigenvalue weighted by molar-refractivity contribution is 5.49. The van der Waals surface area contributed by atoms with Crippen molar-refractivity contribution < 1.29 is 4.79 Å². The van der Waals surface area contributed by atoms with Crippen LogP contribution in [0.2, 0.25) is 0 Å². The molecule has 0 saturated heterocycles. The summed E-state index contributed by atoms with van der Waals surface area (Å²) in [6.07, 6.45) is 7.57. The maximum Gasteiger partial charge on any atom is 0.120 e. The Kier molecular flexibility index (Phi) is 5.74. The first-order chi connectivity index (χ1) is 4.77. The van der Waals surface area contributed by atoms with Crippen molar-refractivity contribution in [2.45, 2.75) is 26.2 Å². The van der Waals surface area contributed by atoms with Gasteiger partial charge in [-0.3, -0.25) is 0 Å². The van der Waals surface area contributed by atoms with E-state index in [0.29, 0.717) is 6.42 Å². The minimum Gasteiger partial charge on any atom is -0.303 e. The highest BCUT2D eigenvalue weighted by Crippen LogP contribution is 1.96. The molecular weight excluding hydrogens is 124 g/mol. The molecule has 0 aromatic heterocycles. The number of carbonyl (C=O) groups excluding carboxylic acids is 1. The van der Waals surface area contributed by atoms with Crippen molar-refractivity contribution in [2.75, 3.05) is 0 Å². The SMILES string of the molecule is C=C(C)/C=C/CCCC=O. The minimum absolute atomic E-state index is 0.667. The Hall–Kier alpha value is -0.850. The van der Waals surface area contributed by atoms with Crippen LogP contribution in [0.1, 0.15) is 26.2 Å². The van der Waals surface area contributed by atoms with Gasteiger partial charge in [0.1, 0.15) is 6.29 Å². The molecule has 0 heterocycles. The number of allylic oxidation sites excluding steroid dienone is 3. The summed E-state index contributed by atoms with van der Waals surface area (Å²) in [6.45, 7) is 5.67. The van der Waals surface area contributed by atoms with E-state index in [9.17, 15) is 4.79 Å². The summed E-state index contributed by atoms with van der Waals surface area (Å²) >= 11 is 0. The van der Waals surface area contributed by atoms with Gasteiger partial charge in [0.25, 0.3) is 0 Å². The molecule has 0 saturated carbocycles. The fraction of sp³-hybridized carbons (Fsp3) is 0.444. The number of rotatable bonds is 5. The first kappa shape index (κ1) is 9.15. The monoisotopic (exact) mass is 138 g/mol. The topological polar surface area (TPSA) is 17.1 Å². The smallest absolute Gasteiger partial charge is 0.120 e.